The molecule has 0 amide bonds. The molecule has 3 rings (SSSR count). The van der Waals surface area contributed by atoms with E-state index >= 15 is 0 Å². The summed E-state index contributed by atoms with van der Waals surface area (Å²) < 4.78 is 2.27. The second-order valence-corrected chi connectivity index (χ2v) is 4.30. The lowest BCUT2D eigenvalue weighted by Gasteiger charge is -2.26. The molecule has 1 aliphatic carbocycles. The van der Waals surface area contributed by atoms with Crippen molar-refractivity contribution in [3.8, 4) is 0 Å². The molecule has 1 N–H and O–H groups in total. The minimum Gasteiger partial charge on any atom is -0.314 e. The number of hydrogen-bond donors (Lipinski definition) is 1. The first kappa shape index (κ1) is 8.41. The molecular weight excluding hydrogens is 176 g/mol. The van der Waals surface area contributed by atoms with Crippen molar-refractivity contribution >= 4 is 0 Å². The highest BCUT2D eigenvalue weighted by molar-refractivity contribution is 5.00. The van der Waals surface area contributed by atoms with Crippen LogP contribution in [-0.2, 0) is 19.5 Å². The maximum atomic E-state index is 4.22. The van der Waals surface area contributed by atoms with Crippen LogP contribution in [0.1, 0.15) is 37.3 Å². The fourth-order valence-corrected chi connectivity index (χ4v) is 2.19. The molecule has 1 aliphatic heterocycles. The van der Waals surface area contributed by atoms with Gasteiger partial charge in [0, 0.05) is 19.0 Å². The number of aromatic nitrogens is 3. The molecule has 0 unspecified atom stereocenters. The summed E-state index contributed by atoms with van der Waals surface area (Å²) in [7, 11) is 0. The third kappa shape index (κ3) is 1.34. The first-order valence-corrected chi connectivity index (χ1v) is 5.58. The molecule has 1 saturated carbocycles. The quantitative estimate of drug-likeness (QED) is 0.772. The van der Waals surface area contributed by atoms with Gasteiger partial charge in [0.25, 0.3) is 0 Å². The number of fused-ring (bicyclic) bond motifs is 1. The Bertz CT molecular complexity index is 327. The Morgan fingerprint density at radius 1 is 1.29 bits per heavy atom. The van der Waals surface area contributed by atoms with Gasteiger partial charge in [0.1, 0.15) is 11.6 Å². The first-order chi connectivity index (χ1) is 6.93. The molecule has 14 heavy (non-hydrogen) atoms. The van der Waals surface area contributed by atoms with Crippen molar-refractivity contribution in [1.82, 2.24) is 20.1 Å². The van der Waals surface area contributed by atoms with E-state index in [9.17, 15) is 0 Å². The Morgan fingerprint density at radius 3 is 3.00 bits per heavy atom. The van der Waals surface area contributed by atoms with Gasteiger partial charge in [0.15, 0.2) is 0 Å². The van der Waals surface area contributed by atoms with Crippen molar-refractivity contribution in [3.05, 3.63) is 11.6 Å². The van der Waals surface area contributed by atoms with E-state index in [1.807, 2.05) is 0 Å². The molecule has 1 aromatic heterocycles. The molecule has 0 bridgehead atoms. The Hall–Kier alpha value is -0.900. The van der Waals surface area contributed by atoms with Gasteiger partial charge in [-0.2, -0.15) is 0 Å². The van der Waals surface area contributed by atoms with Crippen molar-refractivity contribution < 1.29 is 0 Å². The largest absolute Gasteiger partial charge is 0.314 e. The van der Waals surface area contributed by atoms with Crippen LogP contribution in [0, 0.1) is 0 Å². The van der Waals surface area contributed by atoms with E-state index in [4.69, 9.17) is 0 Å². The number of nitrogens with one attached hydrogen (secondary N) is 1. The van der Waals surface area contributed by atoms with Gasteiger partial charge in [0.05, 0.1) is 6.54 Å². The summed E-state index contributed by atoms with van der Waals surface area (Å²) in [6.07, 6.45) is 6.40. The maximum Gasteiger partial charge on any atom is 0.147 e. The normalized spacial score (nSPS) is 20.9. The molecule has 0 saturated heterocycles. The number of aryl methyl sites for hydroxylation is 1. The minimum absolute atomic E-state index is 0.740. The molecule has 0 radical (unpaired) electrons. The van der Waals surface area contributed by atoms with E-state index in [1.165, 1.54) is 31.5 Å². The topological polar surface area (TPSA) is 42.7 Å². The van der Waals surface area contributed by atoms with Crippen molar-refractivity contribution in [3.63, 3.8) is 0 Å². The lowest BCUT2D eigenvalue weighted by molar-refractivity contribution is 0.333. The molecule has 4 nitrogen and oxygen atoms in total. The summed E-state index contributed by atoms with van der Waals surface area (Å²) in [6, 6.07) is 0.740. The van der Waals surface area contributed by atoms with E-state index in [0.717, 1.165) is 31.4 Å². The van der Waals surface area contributed by atoms with E-state index < -0.39 is 0 Å². The summed E-state index contributed by atoms with van der Waals surface area (Å²) in [5.74, 6) is 2.31. The van der Waals surface area contributed by atoms with E-state index in [-0.39, 0.29) is 0 Å². The van der Waals surface area contributed by atoms with Crippen LogP contribution in [-0.4, -0.2) is 20.8 Å². The fourth-order valence-electron chi connectivity index (χ4n) is 2.19. The molecule has 76 valence electrons. The van der Waals surface area contributed by atoms with Gasteiger partial charge in [-0.15, -0.1) is 10.2 Å². The van der Waals surface area contributed by atoms with Gasteiger partial charge in [0.2, 0.25) is 0 Å². The molecular formula is C10H16N4. The average molecular weight is 192 g/mol. The van der Waals surface area contributed by atoms with E-state index in [0.29, 0.717) is 0 Å². The van der Waals surface area contributed by atoms with Crippen molar-refractivity contribution in [1.29, 1.82) is 0 Å². The minimum atomic E-state index is 0.740. The van der Waals surface area contributed by atoms with Gasteiger partial charge in [-0.3, -0.25) is 0 Å². The van der Waals surface area contributed by atoms with Gasteiger partial charge >= 0.3 is 0 Å². The molecule has 4 heteroatoms. The van der Waals surface area contributed by atoms with Crippen LogP contribution in [0.4, 0.5) is 0 Å². The molecule has 0 atom stereocenters. The summed E-state index contributed by atoms with van der Waals surface area (Å²) in [5, 5.41) is 11.9. The third-order valence-electron chi connectivity index (χ3n) is 3.34. The second-order valence-electron chi connectivity index (χ2n) is 4.30. The van der Waals surface area contributed by atoms with E-state index in [1.54, 1.807) is 0 Å². The van der Waals surface area contributed by atoms with Crippen LogP contribution in [0.2, 0.25) is 0 Å². The third-order valence-corrected chi connectivity index (χ3v) is 3.34. The summed E-state index contributed by atoms with van der Waals surface area (Å²) in [6.45, 7) is 2.02. The van der Waals surface area contributed by atoms with Crippen molar-refractivity contribution in [2.45, 2.75) is 51.2 Å². The van der Waals surface area contributed by atoms with Gasteiger partial charge in [-0.05, 0) is 19.3 Å². The molecule has 1 fully saturated rings. The van der Waals surface area contributed by atoms with Gasteiger partial charge < -0.3 is 9.88 Å². The van der Waals surface area contributed by atoms with Crippen molar-refractivity contribution in [2.75, 3.05) is 0 Å². The van der Waals surface area contributed by atoms with Crippen LogP contribution < -0.4 is 5.32 Å². The fraction of sp³-hybridized carbons (Fsp3) is 0.800. The Kier molecular flexibility index (Phi) is 2.01. The highest BCUT2D eigenvalue weighted by atomic mass is 15.3. The standard InChI is InChI=1S/C10H16N4/c1-3-8(4-1)11-7-10-13-12-9-5-2-6-14(9)10/h8,11H,1-7H2. The SMILES string of the molecule is C1CC(NCc2nnc3n2CCC3)C1. The Labute approximate surface area is 83.7 Å². The summed E-state index contributed by atoms with van der Waals surface area (Å²) >= 11 is 0. The first-order valence-electron chi connectivity index (χ1n) is 5.58. The van der Waals surface area contributed by atoms with Crippen LogP contribution in [0.3, 0.4) is 0 Å². The second kappa shape index (κ2) is 3.35. The molecule has 0 spiro atoms. The van der Waals surface area contributed by atoms with E-state index in [2.05, 4.69) is 20.1 Å². The van der Waals surface area contributed by atoms with Crippen LogP contribution in [0.25, 0.3) is 0 Å². The Balaban J connectivity index is 1.64. The van der Waals surface area contributed by atoms with Crippen LogP contribution >= 0.6 is 0 Å². The summed E-state index contributed by atoms with van der Waals surface area (Å²) in [5.41, 5.74) is 0. The molecule has 2 aliphatic rings. The van der Waals surface area contributed by atoms with Crippen LogP contribution in [0.5, 0.6) is 0 Å². The van der Waals surface area contributed by atoms with Crippen molar-refractivity contribution in [2.24, 2.45) is 0 Å². The highest BCUT2D eigenvalue weighted by Gasteiger charge is 2.20. The van der Waals surface area contributed by atoms with Gasteiger partial charge in [-0.25, -0.2) is 0 Å². The highest BCUT2D eigenvalue weighted by Crippen LogP contribution is 2.19. The molecule has 0 aromatic carbocycles. The maximum absolute atomic E-state index is 4.22. The lowest BCUT2D eigenvalue weighted by atomic mass is 9.93. The molecule has 2 heterocycles. The monoisotopic (exact) mass is 192 g/mol. The average Bonchev–Trinajstić information content (AvgIpc) is 2.65. The lowest BCUT2D eigenvalue weighted by Crippen LogP contribution is -2.35. The zero-order valence-electron chi connectivity index (χ0n) is 8.37. The van der Waals surface area contributed by atoms with Crippen LogP contribution in [0.15, 0.2) is 0 Å². The zero-order valence-corrected chi connectivity index (χ0v) is 8.37. The Morgan fingerprint density at radius 2 is 2.21 bits per heavy atom. The number of rotatable bonds is 3. The predicted molar refractivity (Wildman–Crippen MR) is 52.8 cm³/mol. The number of nitrogens with zero attached hydrogens (tertiary/aromatic N) is 3. The number of hydrogen-bond acceptors (Lipinski definition) is 3. The summed E-state index contributed by atoms with van der Waals surface area (Å²) in [4.78, 5) is 0. The zero-order chi connectivity index (χ0) is 9.38. The van der Waals surface area contributed by atoms with Gasteiger partial charge in [-0.1, -0.05) is 6.42 Å². The predicted octanol–water partition coefficient (Wildman–Crippen LogP) is 0.866. The smallest absolute Gasteiger partial charge is 0.147 e. The molecule has 1 aromatic rings.